The third-order valence-electron chi connectivity index (χ3n) is 4.50. The predicted octanol–water partition coefficient (Wildman–Crippen LogP) is 0.197. The minimum atomic E-state index is -3.86. The van der Waals surface area contributed by atoms with Crippen LogP contribution < -0.4 is 9.47 Å². The van der Waals surface area contributed by atoms with Crippen molar-refractivity contribution in [3.8, 4) is 11.5 Å². The van der Waals surface area contributed by atoms with E-state index in [1.165, 1.54) is 16.4 Å². The fourth-order valence-electron chi connectivity index (χ4n) is 3.12. The number of rotatable bonds is 6. The standard InChI is InChI=1S/C16H24N2O6S2/c1-17(2)6-7-18(13-5-10-25(19,20)12-13)26(21,22)14-3-4-15-16(11-14)24-9-8-23-15/h3-4,11,13H,5-10,12H2,1-2H3/t13-/m1/s1. The smallest absolute Gasteiger partial charge is 0.243 e. The van der Waals surface area contributed by atoms with Gasteiger partial charge in [0.1, 0.15) is 13.2 Å². The van der Waals surface area contributed by atoms with Gasteiger partial charge in [-0.1, -0.05) is 0 Å². The lowest BCUT2D eigenvalue weighted by molar-refractivity contribution is 0.171. The van der Waals surface area contributed by atoms with Gasteiger partial charge in [0.15, 0.2) is 21.3 Å². The second kappa shape index (κ2) is 7.34. The van der Waals surface area contributed by atoms with E-state index in [9.17, 15) is 16.8 Å². The van der Waals surface area contributed by atoms with Crippen LogP contribution in [0.25, 0.3) is 0 Å². The number of hydrogen-bond donors (Lipinski definition) is 0. The van der Waals surface area contributed by atoms with E-state index in [4.69, 9.17) is 9.47 Å². The summed E-state index contributed by atoms with van der Waals surface area (Å²) in [6.45, 7) is 1.51. The van der Waals surface area contributed by atoms with Gasteiger partial charge in [-0.3, -0.25) is 0 Å². The van der Waals surface area contributed by atoms with Crippen molar-refractivity contribution in [2.24, 2.45) is 0 Å². The van der Waals surface area contributed by atoms with E-state index in [-0.39, 0.29) is 22.9 Å². The summed E-state index contributed by atoms with van der Waals surface area (Å²) in [5, 5.41) is 0. The van der Waals surface area contributed by atoms with Crippen LogP contribution in [-0.2, 0) is 19.9 Å². The Hall–Kier alpha value is -1.36. The van der Waals surface area contributed by atoms with Crippen LogP contribution in [0.2, 0.25) is 0 Å². The van der Waals surface area contributed by atoms with E-state index in [0.29, 0.717) is 37.7 Å². The molecule has 0 bridgehead atoms. The Labute approximate surface area is 154 Å². The molecule has 1 saturated heterocycles. The molecule has 10 heteroatoms. The molecule has 0 saturated carbocycles. The van der Waals surface area contributed by atoms with Crippen molar-refractivity contribution in [1.29, 1.82) is 0 Å². The molecule has 26 heavy (non-hydrogen) atoms. The summed E-state index contributed by atoms with van der Waals surface area (Å²) in [7, 11) is -3.36. The van der Waals surface area contributed by atoms with Crippen LogP contribution in [0.3, 0.4) is 0 Å². The molecule has 8 nitrogen and oxygen atoms in total. The Kier molecular flexibility index (Phi) is 5.48. The Balaban J connectivity index is 1.93. The van der Waals surface area contributed by atoms with Gasteiger partial charge in [-0.15, -0.1) is 0 Å². The number of nitrogens with zero attached hydrogens (tertiary/aromatic N) is 2. The van der Waals surface area contributed by atoms with Crippen LogP contribution in [0.5, 0.6) is 11.5 Å². The highest BCUT2D eigenvalue weighted by molar-refractivity contribution is 7.92. The average Bonchev–Trinajstić information content (AvgIpc) is 2.93. The maximum atomic E-state index is 13.2. The first kappa shape index (κ1) is 19.4. The highest BCUT2D eigenvalue weighted by Gasteiger charge is 2.39. The summed E-state index contributed by atoms with van der Waals surface area (Å²) >= 11 is 0. The maximum absolute atomic E-state index is 13.2. The van der Waals surface area contributed by atoms with Crippen molar-refractivity contribution >= 4 is 19.9 Å². The first-order valence-electron chi connectivity index (χ1n) is 8.46. The zero-order valence-electron chi connectivity index (χ0n) is 14.9. The molecule has 0 aliphatic carbocycles. The van der Waals surface area contributed by atoms with Crippen molar-refractivity contribution in [3.05, 3.63) is 18.2 Å². The van der Waals surface area contributed by atoms with Crippen molar-refractivity contribution in [1.82, 2.24) is 9.21 Å². The van der Waals surface area contributed by atoms with Gasteiger partial charge < -0.3 is 14.4 Å². The minimum Gasteiger partial charge on any atom is -0.486 e. The molecular weight excluding hydrogens is 380 g/mol. The molecule has 1 aromatic carbocycles. The number of fused-ring (bicyclic) bond motifs is 1. The second-order valence-corrected chi connectivity index (χ2v) is 10.9. The molecule has 1 aromatic rings. The lowest BCUT2D eigenvalue weighted by Crippen LogP contribution is -2.44. The molecule has 0 radical (unpaired) electrons. The number of likely N-dealkylation sites (N-methyl/N-ethyl adjacent to an activating group) is 1. The Morgan fingerprint density at radius 1 is 1.12 bits per heavy atom. The molecule has 2 aliphatic heterocycles. The molecule has 0 N–H and O–H groups in total. The summed E-state index contributed by atoms with van der Waals surface area (Å²) in [4.78, 5) is 1.96. The molecule has 1 atom stereocenters. The summed E-state index contributed by atoms with van der Waals surface area (Å²) in [5.74, 6) is 0.791. The van der Waals surface area contributed by atoms with Gasteiger partial charge >= 0.3 is 0 Å². The SMILES string of the molecule is CN(C)CCN([C@@H]1CCS(=O)(=O)C1)S(=O)(=O)c1ccc2c(c1)OCCO2. The quantitative estimate of drug-likeness (QED) is 0.668. The fourth-order valence-corrected chi connectivity index (χ4v) is 6.61. The largest absolute Gasteiger partial charge is 0.486 e. The number of sulfone groups is 1. The molecule has 1 fully saturated rings. The van der Waals surface area contributed by atoms with Gasteiger partial charge in [-0.25, -0.2) is 16.8 Å². The van der Waals surface area contributed by atoms with E-state index < -0.39 is 25.9 Å². The van der Waals surface area contributed by atoms with E-state index >= 15 is 0 Å². The van der Waals surface area contributed by atoms with Crippen LogP contribution in [-0.4, -0.2) is 84.0 Å². The Morgan fingerprint density at radius 2 is 1.81 bits per heavy atom. The van der Waals surface area contributed by atoms with Crippen LogP contribution in [0, 0.1) is 0 Å². The molecule has 146 valence electrons. The molecule has 3 rings (SSSR count). The summed E-state index contributed by atoms with van der Waals surface area (Å²) in [6.07, 6.45) is 0.319. The van der Waals surface area contributed by atoms with Crippen molar-refractivity contribution in [3.63, 3.8) is 0 Å². The van der Waals surface area contributed by atoms with Gasteiger partial charge in [0.2, 0.25) is 10.0 Å². The third kappa shape index (κ3) is 4.13. The van der Waals surface area contributed by atoms with Crippen LogP contribution in [0.4, 0.5) is 0 Å². The number of ether oxygens (including phenoxy) is 2. The Bertz CT molecular complexity index is 867. The zero-order valence-corrected chi connectivity index (χ0v) is 16.6. The molecule has 0 aromatic heterocycles. The normalized spacial score (nSPS) is 22.1. The first-order valence-corrected chi connectivity index (χ1v) is 11.7. The first-order chi connectivity index (χ1) is 12.2. The number of hydrogen-bond acceptors (Lipinski definition) is 7. The lowest BCUT2D eigenvalue weighted by Gasteiger charge is -2.29. The van der Waals surface area contributed by atoms with E-state index in [1.807, 2.05) is 19.0 Å². The average molecular weight is 405 g/mol. The molecule has 2 heterocycles. The van der Waals surface area contributed by atoms with Crippen LogP contribution in [0.15, 0.2) is 23.1 Å². The van der Waals surface area contributed by atoms with Crippen molar-refractivity contribution in [2.75, 3.05) is 51.9 Å². The highest BCUT2D eigenvalue weighted by Crippen LogP contribution is 2.34. The van der Waals surface area contributed by atoms with Gasteiger partial charge in [0.25, 0.3) is 0 Å². The van der Waals surface area contributed by atoms with Crippen LogP contribution in [0.1, 0.15) is 6.42 Å². The third-order valence-corrected chi connectivity index (χ3v) is 8.20. The highest BCUT2D eigenvalue weighted by atomic mass is 32.2. The number of sulfonamides is 1. The summed E-state index contributed by atoms with van der Waals surface area (Å²) < 4.78 is 62.5. The molecule has 0 amide bonds. The lowest BCUT2D eigenvalue weighted by atomic mass is 10.2. The van der Waals surface area contributed by atoms with Gasteiger partial charge in [-0.05, 0) is 32.6 Å². The Morgan fingerprint density at radius 3 is 2.42 bits per heavy atom. The number of benzene rings is 1. The molecule has 0 unspecified atom stereocenters. The summed E-state index contributed by atoms with van der Waals surface area (Å²) in [5.41, 5.74) is 0. The maximum Gasteiger partial charge on any atom is 0.243 e. The van der Waals surface area contributed by atoms with Crippen molar-refractivity contribution < 1.29 is 26.3 Å². The second-order valence-electron chi connectivity index (χ2n) is 6.78. The topological polar surface area (TPSA) is 93.2 Å². The van der Waals surface area contributed by atoms with Crippen LogP contribution >= 0.6 is 0 Å². The minimum absolute atomic E-state index is 0.0206. The monoisotopic (exact) mass is 404 g/mol. The molecular formula is C16H24N2O6S2. The van der Waals surface area contributed by atoms with E-state index in [2.05, 4.69) is 0 Å². The van der Waals surface area contributed by atoms with Gasteiger partial charge in [0.05, 0.1) is 16.4 Å². The van der Waals surface area contributed by atoms with Gasteiger partial charge in [-0.2, -0.15) is 4.31 Å². The van der Waals surface area contributed by atoms with E-state index in [0.717, 1.165) is 0 Å². The fraction of sp³-hybridized carbons (Fsp3) is 0.625. The van der Waals surface area contributed by atoms with Gasteiger partial charge in [0, 0.05) is 25.2 Å². The zero-order chi connectivity index (χ0) is 18.9. The van der Waals surface area contributed by atoms with E-state index in [1.54, 1.807) is 6.07 Å². The molecule has 0 spiro atoms. The van der Waals surface area contributed by atoms with Crippen molar-refractivity contribution in [2.45, 2.75) is 17.4 Å². The predicted molar refractivity (Wildman–Crippen MR) is 96.9 cm³/mol. The molecule has 2 aliphatic rings. The summed E-state index contributed by atoms with van der Waals surface area (Å²) in [6, 6.07) is 3.97.